The number of fused-ring (bicyclic) bond motifs is 1. The SMILES string of the molecule is O=C(Cl)Cc1cccc2ccsc12. The van der Waals surface area contributed by atoms with E-state index in [9.17, 15) is 4.79 Å². The van der Waals surface area contributed by atoms with E-state index < -0.39 is 0 Å². The molecule has 1 aromatic heterocycles. The smallest absolute Gasteiger partial charge is 0.226 e. The molecule has 0 aliphatic rings. The Morgan fingerprint density at radius 1 is 1.38 bits per heavy atom. The Hall–Kier alpha value is -0.860. The minimum Gasteiger partial charge on any atom is -0.281 e. The molecule has 13 heavy (non-hydrogen) atoms. The first kappa shape index (κ1) is 8.73. The van der Waals surface area contributed by atoms with E-state index in [4.69, 9.17) is 11.6 Å². The van der Waals surface area contributed by atoms with Gasteiger partial charge in [0.25, 0.3) is 0 Å². The Kier molecular flexibility index (Phi) is 2.34. The normalized spacial score (nSPS) is 10.5. The number of thiophene rings is 1. The van der Waals surface area contributed by atoms with Crippen LogP contribution in [0.25, 0.3) is 10.1 Å². The van der Waals surface area contributed by atoms with Crippen molar-refractivity contribution in [2.45, 2.75) is 6.42 Å². The standard InChI is InChI=1S/C10H7ClOS/c11-9(12)6-8-3-1-2-7-4-5-13-10(7)8/h1-5H,6H2. The molecule has 0 unspecified atom stereocenters. The molecule has 0 saturated heterocycles. The van der Waals surface area contributed by atoms with Crippen molar-refractivity contribution in [2.24, 2.45) is 0 Å². The summed E-state index contributed by atoms with van der Waals surface area (Å²) in [5.41, 5.74) is 1.02. The van der Waals surface area contributed by atoms with Crippen molar-refractivity contribution < 1.29 is 4.79 Å². The fraction of sp³-hybridized carbons (Fsp3) is 0.100. The van der Waals surface area contributed by atoms with Crippen molar-refractivity contribution in [3.63, 3.8) is 0 Å². The molecule has 0 aliphatic carbocycles. The van der Waals surface area contributed by atoms with Gasteiger partial charge in [-0.15, -0.1) is 11.3 Å². The molecule has 2 rings (SSSR count). The van der Waals surface area contributed by atoms with Crippen LogP contribution in [0.1, 0.15) is 5.56 Å². The van der Waals surface area contributed by atoms with Crippen LogP contribution in [0.5, 0.6) is 0 Å². The fourth-order valence-corrected chi connectivity index (χ4v) is 2.40. The van der Waals surface area contributed by atoms with E-state index in [1.165, 1.54) is 5.39 Å². The number of halogens is 1. The second kappa shape index (κ2) is 3.48. The van der Waals surface area contributed by atoms with Crippen LogP contribution in [0.2, 0.25) is 0 Å². The molecule has 2 aromatic rings. The molecule has 1 aromatic carbocycles. The van der Waals surface area contributed by atoms with E-state index in [2.05, 4.69) is 0 Å². The lowest BCUT2D eigenvalue weighted by Crippen LogP contribution is -1.92. The van der Waals surface area contributed by atoms with Gasteiger partial charge in [-0.05, 0) is 34.0 Å². The molecule has 0 radical (unpaired) electrons. The Morgan fingerprint density at radius 3 is 3.00 bits per heavy atom. The third kappa shape index (κ3) is 1.74. The summed E-state index contributed by atoms with van der Waals surface area (Å²) in [7, 11) is 0. The molecule has 1 nitrogen and oxygen atoms in total. The van der Waals surface area contributed by atoms with Crippen LogP contribution in [-0.4, -0.2) is 5.24 Å². The highest BCUT2D eigenvalue weighted by atomic mass is 35.5. The van der Waals surface area contributed by atoms with E-state index in [0.29, 0.717) is 6.42 Å². The highest BCUT2D eigenvalue weighted by molar-refractivity contribution is 7.17. The lowest BCUT2D eigenvalue weighted by Gasteiger charge is -1.97. The van der Waals surface area contributed by atoms with Gasteiger partial charge in [0, 0.05) is 11.1 Å². The van der Waals surface area contributed by atoms with Crippen molar-refractivity contribution in [3.8, 4) is 0 Å². The molecule has 0 saturated carbocycles. The molecule has 0 atom stereocenters. The molecule has 0 fully saturated rings. The average molecular weight is 211 g/mol. The van der Waals surface area contributed by atoms with Gasteiger partial charge >= 0.3 is 0 Å². The molecule has 0 spiro atoms. The highest BCUT2D eigenvalue weighted by Crippen LogP contribution is 2.25. The quantitative estimate of drug-likeness (QED) is 0.696. The predicted octanol–water partition coefficient (Wildman–Crippen LogP) is 3.21. The number of hydrogen-bond donors (Lipinski definition) is 0. The third-order valence-electron chi connectivity index (χ3n) is 1.89. The second-order valence-electron chi connectivity index (χ2n) is 2.79. The van der Waals surface area contributed by atoms with Gasteiger partial charge in [0.15, 0.2) is 0 Å². The topological polar surface area (TPSA) is 17.1 Å². The summed E-state index contributed by atoms with van der Waals surface area (Å²) in [6.45, 7) is 0. The molecule has 0 N–H and O–H groups in total. The van der Waals surface area contributed by atoms with Crippen molar-refractivity contribution in [3.05, 3.63) is 35.2 Å². The van der Waals surface area contributed by atoms with Crippen LogP contribution in [0.15, 0.2) is 29.6 Å². The lowest BCUT2D eigenvalue weighted by atomic mass is 10.1. The maximum Gasteiger partial charge on any atom is 0.226 e. The van der Waals surface area contributed by atoms with Crippen LogP contribution in [0.3, 0.4) is 0 Å². The van der Waals surface area contributed by atoms with Crippen molar-refractivity contribution in [2.75, 3.05) is 0 Å². The summed E-state index contributed by atoms with van der Waals surface area (Å²) in [6, 6.07) is 7.97. The van der Waals surface area contributed by atoms with Crippen LogP contribution in [0, 0.1) is 0 Å². The van der Waals surface area contributed by atoms with Crippen LogP contribution in [0.4, 0.5) is 0 Å². The minimum absolute atomic E-state index is 0.305. The molecule has 1 heterocycles. The largest absolute Gasteiger partial charge is 0.281 e. The second-order valence-corrected chi connectivity index (χ2v) is 4.13. The maximum atomic E-state index is 10.7. The summed E-state index contributed by atoms with van der Waals surface area (Å²) in [4.78, 5) is 10.7. The van der Waals surface area contributed by atoms with Crippen molar-refractivity contribution >= 4 is 38.3 Å². The maximum absolute atomic E-state index is 10.7. The molecule has 0 aliphatic heterocycles. The van der Waals surface area contributed by atoms with Crippen LogP contribution < -0.4 is 0 Å². The van der Waals surface area contributed by atoms with Crippen LogP contribution in [-0.2, 0) is 11.2 Å². The zero-order valence-corrected chi connectivity index (χ0v) is 8.36. The summed E-state index contributed by atoms with van der Waals surface area (Å²) < 4.78 is 1.16. The lowest BCUT2D eigenvalue weighted by molar-refractivity contribution is -0.111. The molecule has 0 amide bonds. The Bertz CT molecular complexity index is 447. The van der Waals surface area contributed by atoms with Crippen molar-refractivity contribution in [1.82, 2.24) is 0 Å². The molecule has 3 heteroatoms. The van der Waals surface area contributed by atoms with E-state index in [1.807, 2.05) is 29.6 Å². The number of carbonyl (C=O) groups excluding carboxylic acids is 1. The van der Waals surface area contributed by atoms with E-state index >= 15 is 0 Å². The zero-order chi connectivity index (χ0) is 9.26. The summed E-state index contributed by atoms with van der Waals surface area (Å²) in [5, 5.41) is 2.90. The van der Waals surface area contributed by atoms with Gasteiger partial charge in [0.2, 0.25) is 5.24 Å². The number of rotatable bonds is 2. The summed E-state index contributed by atoms with van der Waals surface area (Å²) >= 11 is 6.99. The Balaban J connectivity index is 2.54. The van der Waals surface area contributed by atoms with Gasteiger partial charge in [-0.3, -0.25) is 4.79 Å². The minimum atomic E-state index is -0.305. The number of carbonyl (C=O) groups is 1. The summed E-state index contributed by atoms with van der Waals surface area (Å²) in [6.07, 6.45) is 0.319. The predicted molar refractivity (Wildman–Crippen MR) is 56.4 cm³/mol. The fourth-order valence-electron chi connectivity index (χ4n) is 1.34. The average Bonchev–Trinajstić information content (AvgIpc) is 2.51. The molecule has 66 valence electrons. The van der Waals surface area contributed by atoms with Gasteiger partial charge in [0.05, 0.1) is 0 Å². The van der Waals surface area contributed by atoms with E-state index in [0.717, 1.165) is 10.3 Å². The number of benzene rings is 1. The number of hydrogen-bond acceptors (Lipinski definition) is 2. The highest BCUT2D eigenvalue weighted by Gasteiger charge is 2.04. The first-order valence-electron chi connectivity index (χ1n) is 3.91. The van der Waals surface area contributed by atoms with E-state index in [-0.39, 0.29) is 5.24 Å². The molecule has 0 bridgehead atoms. The van der Waals surface area contributed by atoms with Crippen LogP contribution >= 0.6 is 22.9 Å². The van der Waals surface area contributed by atoms with Gasteiger partial charge in [-0.25, -0.2) is 0 Å². The monoisotopic (exact) mass is 210 g/mol. The van der Waals surface area contributed by atoms with Gasteiger partial charge < -0.3 is 0 Å². The zero-order valence-electron chi connectivity index (χ0n) is 6.79. The van der Waals surface area contributed by atoms with E-state index in [1.54, 1.807) is 11.3 Å². The first-order chi connectivity index (χ1) is 6.27. The van der Waals surface area contributed by atoms with Gasteiger partial charge in [-0.2, -0.15) is 0 Å². The molecular weight excluding hydrogens is 204 g/mol. The first-order valence-corrected chi connectivity index (χ1v) is 5.16. The Labute approximate surface area is 84.9 Å². The van der Waals surface area contributed by atoms with Gasteiger partial charge in [-0.1, -0.05) is 18.2 Å². The Morgan fingerprint density at radius 2 is 2.23 bits per heavy atom. The molecular formula is C10H7ClOS. The summed E-state index contributed by atoms with van der Waals surface area (Å²) in [5.74, 6) is 0. The van der Waals surface area contributed by atoms with Crippen molar-refractivity contribution in [1.29, 1.82) is 0 Å². The third-order valence-corrected chi connectivity index (χ3v) is 3.03. The van der Waals surface area contributed by atoms with Gasteiger partial charge in [0.1, 0.15) is 0 Å².